The molecule has 0 bridgehead atoms. The van der Waals surface area contributed by atoms with Crippen molar-refractivity contribution < 1.29 is 19.4 Å². The number of rotatable bonds is 8. The first-order chi connectivity index (χ1) is 19.3. The van der Waals surface area contributed by atoms with Gasteiger partial charge in [-0.25, -0.2) is 9.67 Å². The summed E-state index contributed by atoms with van der Waals surface area (Å²) in [7, 11) is 2.08. The molecule has 0 aliphatic carbocycles. The Hall–Kier alpha value is -3.47. The summed E-state index contributed by atoms with van der Waals surface area (Å²) in [5.41, 5.74) is 2.25. The third-order valence-corrected chi connectivity index (χ3v) is 8.91. The lowest BCUT2D eigenvalue weighted by Gasteiger charge is -2.35. The van der Waals surface area contributed by atoms with Crippen molar-refractivity contribution >= 4 is 35.0 Å². The minimum atomic E-state index is -0.705. The molecule has 2 aromatic heterocycles. The Morgan fingerprint density at radius 3 is 2.60 bits per heavy atom. The van der Waals surface area contributed by atoms with Crippen molar-refractivity contribution in [3.8, 4) is 5.69 Å². The van der Waals surface area contributed by atoms with E-state index >= 15 is 0 Å². The molecule has 1 aromatic carbocycles. The number of ether oxygens (including phenoxy) is 1. The van der Waals surface area contributed by atoms with E-state index in [0.29, 0.717) is 55.8 Å². The summed E-state index contributed by atoms with van der Waals surface area (Å²) in [6.07, 6.45) is 6.42. The van der Waals surface area contributed by atoms with Gasteiger partial charge in [-0.15, -0.1) is 0 Å². The van der Waals surface area contributed by atoms with E-state index in [9.17, 15) is 14.7 Å². The van der Waals surface area contributed by atoms with Crippen LogP contribution in [0.25, 0.3) is 5.69 Å². The molecule has 3 aromatic rings. The number of hydrogen-bond donors (Lipinski definition) is 1. The molecule has 6 rings (SSSR count). The molecule has 210 valence electrons. The van der Waals surface area contributed by atoms with Gasteiger partial charge in [0.25, 0.3) is 5.91 Å². The first kappa shape index (κ1) is 26.7. The minimum absolute atomic E-state index is 0.135. The fourth-order valence-electron chi connectivity index (χ4n) is 5.95. The van der Waals surface area contributed by atoms with Crippen LogP contribution in [0.15, 0.2) is 48.8 Å². The van der Waals surface area contributed by atoms with E-state index in [1.165, 1.54) is 0 Å². The van der Waals surface area contributed by atoms with Gasteiger partial charge in [-0.1, -0.05) is 11.6 Å². The van der Waals surface area contributed by atoms with Gasteiger partial charge in [0.2, 0.25) is 0 Å². The van der Waals surface area contributed by atoms with Gasteiger partial charge >= 0.3 is 5.97 Å². The summed E-state index contributed by atoms with van der Waals surface area (Å²) < 4.78 is 7.12. The summed E-state index contributed by atoms with van der Waals surface area (Å²) in [5.74, 6) is 0.0380. The Labute approximate surface area is 238 Å². The molecule has 0 radical (unpaired) electrons. The smallest absolute Gasteiger partial charge is 0.309 e. The minimum Gasteiger partial charge on any atom is -0.481 e. The first-order valence-electron chi connectivity index (χ1n) is 13.7. The molecule has 3 aliphatic heterocycles. The van der Waals surface area contributed by atoms with Gasteiger partial charge in [0.1, 0.15) is 5.82 Å². The zero-order valence-corrected chi connectivity index (χ0v) is 23.3. The van der Waals surface area contributed by atoms with Crippen molar-refractivity contribution in [2.45, 2.75) is 38.3 Å². The molecule has 5 heterocycles. The molecule has 2 saturated heterocycles. The second-order valence-electron chi connectivity index (χ2n) is 11.0. The number of benzene rings is 1. The van der Waals surface area contributed by atoms with Crippen LogP contribution in [-0.4, -0.2) is 82.6 Å². The number of carbonyl (C=O) groups is 2. The van der Waals surface area contributed by atoms with Gasteiger partial charge in [-0.05, 0) is 75.7 Å². The number of anilines is 2. The standard InChI is InChI=1S/C29H33ClN6O4/c1-33(13-9-29(28(38)39)10-14-40-15-11-29)24-8-12-34(19-24)25-7-6-23(16-31-25)35-17-20-18-36(32-26(20)27(35)37)22-4-2-21(30)3-5-22/h2-7,16,18,24H,8-15,17,19H2,1H3,(H,38,39). The number of carboxylic acids is 1. The topological polar surface area (TPSA) is 104 Å². The Morgan fingerprint density at radius 1 is 1.18 bits per heavy atom. The van der Waals surface area contributed by atoms with Crippen molar-refractivity contribution in [3.05, 3.63) is 65.1 Å². The number of carbonyl (C=O) groups excluding carboxylic acids is 1. The lowest BCUT2D eigenvalue weighted by molar-refractivity contribution is -0.155. The van der Waals surface area contributed by atoms with Gasteiger partial charge in [0.05, 0.1) is 29.5 Å². The average molecular weight is 565 g/mol. The highest BCUT2D eigenvalue weighted by atomic mass is 35.5. The summed E-state index contributed by atoms with van der Waals surface area (Å²) >= 11 is 5.99. The molecular formula is C29H33ClN6O4. The van der Waals surface area contributed by atoms with E-state index in [1.54, 1.807) is 27.9 Å². The van der Waals surface area contributed by atoms with Crippen molar-refractivity contribution in [2.24, 2.45) is 5.41 Å². The van der Waals surface area contributed by atoms with Crippen molar-refractivity contribution in [1.29, 1.82) is 0 Å². The molecule has 10 nitrogen and oxygen atoms in total. The van der Waals surface area contributed by atoms with Crippen LogP contribution >= 0.6 is 11.6 Å². The zero-order valence-electron chi connectivity index (χ0n) is 22.5. The molecule has 2 fully saturated rings. The normalized spacial score (nSPS) is 20.4. The average Bonchev–Trinajstić information content (AvgIpc) is 3.70. The molecule has 1 unspecified atom stereocenters. The predicted molar refractivity (Wildman–Crippen MR) is 151 cm³/mol. The molecule has 1 amide bonds. The van der Waals surface area contributed by atoms with E-state index in [2.05, 4.69) is 21.9 Å². The fraction of sp³-hybridized carbons (Fsp3) is 0.448. The quantitative estimate of drug-likeness (QED) is 0.440. The second-order valence-corrected chi connectivity index (χ2v) is 11.4. The number of aliphatic carboxylic acids is 1. The Kier molecular flexibility index (Phi) is 7.24. The molecule has 0 saturated carbocycles. The number of aromatic nitrogens is 3. The first-order valence-corrected chi connectivity index (χ1v) is 14.1. The Morgan fingerprint density at radius 2 is 1.93 bits per heavy atom. The Bertz CT molecular complexity index is 1390. The Balaban J connectivity index is 1.05. The number of hydrogen-bond acceptors (Lipinski definition) is 7. The molecule has 0 spiro atoms. The zero-order chi connectivity index (χ0) is 27.9. The summed E-state index contributed by atoms with van der Waals surface area (Å²) in [4.78, 5) is 36.1. The maximum Gasteiger partial charge on any atom is 0.309 e. The third kappa shape index (κ3) is 5.07. The fourth-order valence-corrected chi connectivity index (χ4v) is 6.08. The molecule has 40 heavy (non-hydrogen) atoms. The molecular weight excluding hydrogens is 532 g/mol. The van der Waals surface area contributed by atoms with Crippen LogP contribution in [0.1, 0.15) is 41.7 Å². The number of likely N-dealkylation sites (N-methyl/N-ethyl adjacent to an activating group) is 1. The van der Waals surface area contributed by atoms with Gasteiger partial charge in [-0.2, -0.15) is 5.10 Å². The van der Waals surface area contributed by atoms with E-state index in [1.807, 2.05) is 30.5 Å². The van der Waals surface area contributed by atoms with E-state index < -0.39 is 11.4 Å². The number of carboxylic acid groups (broad SMARTS) is 1. The van der Waals surface area contributed by atoms with Gasteiger partial charge in [0.15, 0.2) is 5.69 Å². The highest BCUT2D eigenvalue weighted by molar-refractivity contribution is 6.30. The highest BCUT2D eigenvalue weighted by Crippen LogP contribution is 2.35. The lowest BCUT2D eigenvalue weighted by atomic mass is 9.77. The van der Waals surface area contributed by atoms with Crippen LogP contribution in [0, 0.1) is 5.41 Å². The summed E-state index contributed by atoms with van der Waals surface area (Å²) in [5, 5.41) is 15.0. The number of halogens is 1. The number of nitrogens with zero attached hydrogens (tertiary/aromatic N) is 6. The second kappa shape index (κ2) is 10.8. The molecule has 3 aliphatic rings. The monoisotopic (exact) mass is 564 g/mol. The number of fused-ring (bicyclic) bond motifs is 1. The van der Waals surface area contributed by atoms with Gasteiger partial charge < -0.3 is 24.5 Å². The van der Waals surface area contributed by atoms with E-state index in [-0.39, 0.29) is 5.91 Å². The summed E-state index contributed by atoms with van der Waals surface area (Å²) in [6, 6.07) is 11.6. The predicted octanol–water partition coefficient (Wildman–Crippen LogP) is 3.86. The lowest BCUT2D eigenvalue weighted by Crippen LogP contribution is -2.42. The molecule has 1 N–H and O–H groups in total. The van der Waals surface area contributed by atoms with Crippen LogP contribution in [0.5, 0.6) is 0 Å². The van der Waals surface area contributed by atoms with Crippen LogP contribution in [0.4, 0.5) is 11.5 Å². The van der Waals surface area contributed by atoms with Crippen LogP contribution in [0.3, 0.4) is 0 Å². The van der Waals surface area contributed by atoms with Gasteiger partial charge in [0, 0.05) is 49.1 Å². The largest absolute Gasteiger partial charge is 0.481 e. The highest BCUT2D eigenvalue weighted by Gasteiger charge is 2.40. The molecule has 11 heteroatoms. The van der Waals surface area contributed by atoms with Crippen molar-refractivity contribution in [1.82, 2.24) is 19.7 Å². The number of amides is 1. The van der Waals surface area contributed by atoms with Crippen LogP contribution < -0.4 is 9.80 Å². The van der Waals surface area contributed by atoms with E-state index in [0.717, 1.165) is 48.8 Å². The van der Waals surface area contributed by atoms with E-state index in [4.69, 9.17) is 21.3 Å². The SMILES string of the molecule is CN(CCC1(C(=O)O)CCOCC1)C1CCN(c2ccc(N3Cc4cn(-c5ccc(Cl)cc5)nc4C3=O)cn2)C1. The van der Waals surface area contributed by atoms with Crippen molar-refractivity contribution in [2.75, 3.05) is 49.7 Å². The van der Waals surface area contributed by atoms with Crippen LogP contribution in [0.2, 0.25) is 5.02 Å². The maximum atomic E-state index is 13.1. The van der Waals surface area contributed by atoms with Crippen LogP contribution in [-0.2, 0) is 16.1 Å². The van der Waals surface area contributed by atoms with Gasteiger partial charge in [-0.3, -0.25) is 9.59 Å². The van der Waals surface area contributed by atoms with Crippen molar-refractivity contribution in [3.63, 3.8) is 0 Å². The maximum absolute atomic E-state index is 13.1. The molecule has 1 atom stereocenters. The summed E-state index contributed by atoms with van der Waals surface area (Å²) in [6.45, 7) is 3.94. The number of pyridine rings is 1. The third-order valence-electron chi connectivity index (χ3n) is 8.66.